The van der Waals surface area contributed by atoms with Crippen molar-refractivity contribution >= 4 is 23.3 Å². The highest BCUT2D eigenvalue weighted by Gasteiger charge is 2.35. The Morgan fingerprint density at radius 1 is 1.19 bits per heavy atom. The summed E-state index contributed by atoms with van der Waals surface area (Å²) in [4.78, 5) is 44.1. The van der Waals surface area contributed by atoms with E-state index >= 15 is 0 Å². The van der Waals surface area contributed by atoms with Crippen LogP contribution in [0.2, 0.25) is 0 Å². The molecule has 0 radical (unpaired) electrons. The van der Waals surface area contributed by atoms with Gasteiger partial charge in [0, 0.05) is 25.7 Å². The summed E-state index contributed by atoms with van der Waals surface area (Å²) in [5, 5.41) is 0. The van der Waals surface area contributed by atoms with Gasteiger partial charge in [-0.25, -0.2) is 0 Å². The number of hydrogen-bond donors (Lipinski definition) is 0. The van der Waals surface area contributed by atoms with Crippen LogP contribution < -0.4 is 0 Å². The highest BCUT2D eigenvalue weighted by Crippen LogP contribution is 2.15. The number of carbonyl (C=O) groups excluding carboxylic acids is 4. The number of Topliss-reactive ketones (excluding diaryl/α,β-unsaturated/α-hetero) is 3. The fourth-order valence-corrected chi connectivity index (χ4v) is 1.49. The lowest BCUT2D eigenvalue weighted by Crippen LogP contribution is -2.28. The van der Waals surface area contributed by atoms with Crippen molar-refractivity contribution in [3.63, 3.8) is 0 Å². The molecular formula is C11H14O5. The van der Waals surface area contributed by atoms with E-state index in [0.29, 0.717) is 12.8 Å². The molecule has 0 spiro atoms. The van der Waals surface area contributed by atoms with Crippen molar-refractivity contribution in [2.75, 3.05) is 0 Å². The predicted octanol–water partition coefficient (Wildman–Crippen LogP) is 0.589. The van der Waals surface area contributed by atoms with Gasteiger partial charge in [-0.15, -0.1) is 0 Å². The molecule has 5 heteroatoms. The van der Waals surface area contributed by atoms with Gasteiger partial charge in [-0.3, -0.25) is 14.4 Å². The van der Waals surface area contributed by atoms with Crippen LogP contribution in [0.5, 0.6) is 0 Å². The molecule has 0 heterocycles. The molecule has 0 aliphatic heterocycles. The molecule has 1 aliphatic carbocycles. The van der Waals surface area contributed by atoms with Crippen molar-refractivity contribution in [3.05, 3.63) is 0 Å². The number of esters is 1. The van der Waals surface area contributed by atoms with Crippen molar-refractivity contribution in [2.24, 2.45) is 0 Å². The van der Waals surface area contributed by atoms with E-state index in [2.05, 4.69) is 0 Å². The first-order valence-electron chi connectivity index (χ1n) is 5.25. The molecule has 0 aromatic rings. The lowest BCUT2D eigenvalue weighted by Gasteiger charge is -2.08. The number of hydrogen-bond acceptors (Lipinski definition) is 5. The van der Waals surface area contributed by atoms with E-state index in [0.717, 1.165) is 0 Å². The van der Waals surface area contributed by atoms with Gasteiger partial charge in [-0.05, 0) is 13.3 Å². The minimum Gasteiger partial charge on any atom is -0.446 e. The summed E-state index contributed by atoms with van der Waals surface area (Å²) in [6, 6.07) is 0. The van der Waals surface area contributed by atoms with Gasteiger partial charge in [0.1, 0.15) is 5.78 Å². The second-order valence-corrected chi connectivity index (χ2v) is 3.86. The van der Waals surface area contributed by atoms with Gasteiger partial charge in [-0.1, -0.05) is 0 Å². The van der Waals surface area contributed by atoms with Crippen LogP contribution in [0, 0.1) is 0 Å². The number of ketones is 3. The predicted molar refractivity (Wildman–Crippen MR) is 53.7 cm³/mol. The van der Waals surface area contributed by atoms with Gasteiger partial charge >= 0.3 is 5.97 Å². The maximum absolute atomic E-state index is 11.2. The summed E-state index contributed by atoms with van der Waals surface area (Å²) < 4.78 is 4.77. The minimum atomic E-state index is -1.19. The van der Waals surface area contributed by atoms with E-state index in [1.165, 1.54) is 6.92 Å². The van der Waals surface area contributed by atoms with Gasteiger partial charge in [0.15, 0.2) is 11.6 Å². The topological polar surface area (TPSA) is 77.5 Å². The van der Waals surface area contributed by atoms with Crippen molar-refractivity contribution in [1.29, 1.82) is 0 Å². The Bertz CT molecular complexity index is 315. The molecule has 0 N–H and O–H groups in total. The molecule has 1 rings (SSSR count). The van der Waals surface area contributed by atoms with Crippen LogP contribution in [0.4, 0.5) is 0 Å². The maximum atomic E-state index is 11.2. The Balaban J connectivity index is 2.31. The Hall–Kier alpha value is -1.52. The molecule has 5 nitrogen and oxygen atoms in total. The second kappa shape index (κ2) is 5.53. The van der Waals surface area contributed by atoms with Gasteiger partial charge in [0.25, 0.3) is 0 Å². The molecule has 0 aromatic carbocycles. The third-order valence-electron chi connectivity index (χ3n) is 2.36. The van der Waals surface area contributed by atoms with Crippen molar-refractivity contribution in [3.8, 4) is 0 Å². The van der Waals surface area contributed by atoms with Crippen molar-refractivity contribution in [2.45, 2.75) is 45.1 Å². The molecule has 0 atom stereocenters. The number of rotatable bonds is 5. The monoisotopic (exact) mass is 226 g/mol. The van der Waals surface area contributed by atoms with E-state index in [1.54, 1.807) is 0 Å². The highest BCUT2D eigenvalue weighted by molar-refractivity contribution is 6.12. The zero-order valence-electron chi connectivity index (χ0n) is 9.15. The van der Waals surface area contributed by atoms with E-state index in [1.807, 2.05) is 0 Å². The summed E-state index contributed by atoms with van der Waals surface area (Å²) in [5.41, 5.74) is 0. The van der Waals surface area contributed by atoms with E-state index in [4.69, 9.17) is 4.74 Å². The summed E-state index contributed by atoms with van der Waals surface area (Å²) in [6.07, 6.45) is -0.111. The van der Waals surface area contributed by atoms with E-state index in [9.17, 15) is 19.2 Å². The van der Waals surface area contributed by atoms with Crippen LogP contribution in [0.3, 0.4) is 0 Å². The van der Waals surface area contributed by atoms with Crippen LogP contribution in [-0.4, -0.2) is 29.4 Å². The molecule has 16 heavy (non-hydrogen) atoms. The first-order chi connectivity index (χ1) is 7.50. The quantitative estimate of drug-likeness (QED) is 0.506. The number of ether oxygens (including phenoxy) is 1. The van der Waals surface area contributed by atoms with E-state index in [-0.39, 0.29) is 36.6 Å². The van der Waals surface area contributed by atoms with Crippen LogP contribution in [-0.2, 0) is 23.9 Å². The zero-order valence-corrected chi connectivity index (χ0v) is 9.15. The normalized spacial score (nSPS) is 16.6. The molecule has 88 valence electrons. The standard InChI is InChI=1S/C11H14O5/c1-7(12)3-2-4-10(15)16-11-8(13)5-6-9(11)14/h11H,2-6H2,1H3. The average molecular weight is 226 g/mol. The SMILES string of the molecule is CC(=O)CCCC(=O)OC1C(=O)CCC1=O. The second-order valence-electron chi connectivity index (χ2n) is 3.86. The van der Waals surface area contributed by atoms with Gasteiger partial charge < -0.3 is 9.53 Å². The van der Waals surface area contributed by atoms with Crippen LogP contribution >= 0.6 is 0 Å². The Kier molecular flexibility index (Phi) is 4.34. The van der Waals surface area contributed by atoms with Gasteiger partial charge in [0.2, 0.25) is 6.10 Å². The first-order valence-corrected chi connectivity index (χ1v) is 5.25. The highest BCUT2D eigenvalue weighted by atomic mass is 16.5. The smallest absolute Gasteiger partial charge is 0.306 e. The largest absolute Gasteiger partial charge is 0.446 e. The molecule has 1 fully saturated rings. The summed E-state index contributed by atoms with van der Waals surface area (Å²) in [6.45, 7) is 1.44. The van der Waals surface area contributed by atoms with Gasteiger partial charge in [-0.2, -0.15) is 0 Å². The molecule has 0 amide bonds. The Morgan fingerprint density at radius 2 is 1.75 bits per heavy atom. The molecular weight excluding hydrogens is 212 g/mol. The third-order valence-corrected chi connectivity index (χ3v) is 2.36. The lowest BCUT2D eigenvalue weighted by molar-refractivity contribution is -0.157. The average Bonchev–Trinajstić information content (AvgIpc) is 2.49. The number of carbonyl (C=O) groups is 4. The molecule has 0 saturated heterocycles. The summed E-state index contributed by atoms with van der Waals surface area (Å²) >= 11 is 0. The van der Waals surface area contributed by atoms with Crippen molar-refractivity contribution in [1.82, 2.24) is 0 Å². The molecule has 0 bridgehead atoms. The summed E-state index contributed by atoms with van der Waals surface area (Å²) in [5.74, 6) is -1.24. The third kappa shape index (κ3) is 3.56. The summed E-state index contributed by atoms with van der Waals surface area (Å²) in [7, 11) is 0. The zero-order chi connectivity index (χ0) is 12.1. The molecule has 1 aliphatic rings. The minimum absolute atomic E-state index is 0.000758. The van der Waals surface area contributed by atoms with Crippen LogP contribution in [0.25, 0.3) is 0 Å². The fourth-order valence-electron chi connectivity index (χ4n) is 1.49. The van der Waals surface area contributed by atoms with Gasteiger partial charge in [0.05, 0.1) is 0 Å². The molecule has 1 saturated carbocycles. The lowest BCUT2D eigenvalue weighted by atomic mass is 10.2. The van der Waals surface area contributed by atoms with Crippen molar-refractivity contribution < 1.29 is 23.9 Å². The Morgan fingerprint density at radius 3 is 2.25 bits per heavy atom. The first kappa shape index (κ1) is 12.5. The van der Waals surface area contributed by atoms with E-state index < -0.39 is 12.1 Å². The van der Waals surface area contributed by atoms with Crippen LogP contribution in [0.1, 0.15) is 39.0 Å². The molecule has 0 aromatic heterocycles. The van der Waals surface area contributed by atoms with Crippen LogP contribution in [0.15, 0.2) is 0 Å². The maximum Gasteiger partial charge on any atom is 0.306 e. The molecule has 0 unspecified atom stereocenters. The fraction of sp³-hybridized carbons (Fsp3) is 0.636. The Labute approximate surface area is 93.1 Å².